The van der Waals surface area contributed by atoms with Crippen molar-refractivity contribution in [2.24, 2.45) is 0 Å². The van der Waals surface area contributed by atoms with E-state index >= 15 is 0 Å². The second-order valence-corrected chi connectivity index (χ2v) is 7.00. The minimum Gasteiger partial charge on any atom is -0.483 e. The molecule has 0 spiro atoms. The molecule has 1 aliphatic heterocycles. The quantitative estimate of drug-likeness (QED) is 0.667. The molecule has 0 fully saturated rings. The van der Waals surface area contributed by atoms with Gasteiger partial charge in [-0.25, -0.2) is 4.79 Å². The summed E-state index contributed by atoms with van der Waals surface area (Å²) in [6.07, 6.45) is 0. The summed E-state index contributed by atoms with van der Waals surface area (Å²) in [4.78, 5) is 24.0. The van der Waals surface area contributed by atoms with Gasteiger partial charge in [-0.3, -0.25) is 4.79 Å². The van der Waals surface area contributed by atoms with Crippen LogP contribution in [0.4, 0.5) is 0 Å². The normalized spacial score (nSPS) is 13.3. The van der Waals surface area contributed by atoms with E-state index in [1.165, 1.54) is 6.07 Å². The summed E-state index contributed by atoms with van der Waals surface area (Å²) in [6.45, 7) is 5.58. The zero-order chi connectivity index (χ0) is 20.5. The Labute approximate surface area is 167 Å². The summed E-state index contributed by atoms with van der Waals surface area (Å²) in [5, 5.41) is 3.74. The molecule has 1 aliphatic rings. The summed E-state index contributed by atoms with van der Waals surface area (Å²) in [6, 6.07) is 10.4. The van der Waals surface area contributed by atoms with E-state index in [-0.39, 0.29) is 25.3 Å². The van der Waals surface area contributed by atoms with Crippen molar-refractivity contribution in [3.63, 3.8) is 0 Å². The first-order valence-electron chi connectivity index (χ1n) is 9.28. The Morgan fingerprint density at radius 2 is 1.93 bits per heavy atom. The van der Waals surface area contributed by atoms with Crippen molar-refractivity contribution >= 4 is 16.9 Å². The van der Waals surface area contributed by atoms with Crippen LogP contribution in [0.15, 0.2) is 45.6 Å². The molecule has 1 N–H and O–H groups in total. The highest BCUT2D eigenvalue weighted by Crippen LogP contribution is 2.34. The SMILES string of the molecule is Cc1cc(=O)oc2c(C)c(OCC(=O)N[C@@H](C)c3ccc4c(c3)OCO4)ccc12. The molecule has 7 heteroatoms. The summed E-state index contributed by atoms with van der Waals surface area (Å²) < 4.78 is 21.7. The van der Waals surface area contributed by atoms with Crippen LogP contribution in [0.5, 0.6) is 17.2 Å². The molecule has 150 valence electrons. The van der Waals surface area contributed by atoms with Crippen molar-refractivity contribution in [3.8, 4) is 17.2 Å². The van der Waals surface area contributed by atoms with E-state index in [1.54, 1.807) is 13.0 Å². The molecule has 2 heterocycles. The molecular formula is C22H21NO6. The van der Waals surface area contributed by atoms with Crippen molar-refractivity contribution in [2.75, 3.05) is 13.4 Å². The van der Waals surface area contributed by atoms with Crippen molar-refractivity contribution in [1.29, 1.82) is 0 Å². The highest BCUT2D eigenvalue weighted by Gasteiger charge is 2.17. The van der Waals surface area contributed by atoms with Gasteiger partial charge in [0.2, 0.25) is 6.79 Å². The minimum atomic E-state index is -0.412. The molecule has 0 unspecified atom stereocenters. The first kappa shape index (κ1) is 18.9. The lowest BCUT2D eigenvalue weighted by atomic mass is 10.1. The van der Waals surface area contributed by atoms with E-state index < -0.39 is 5.63 Å². The van der Waals surface area contributed by atoms with Gasteiger partial charge in [-0.2, -0.15) is 0 Å². The molecule has 1 aromatic heterocycles. The number of hydrogen-bond donors (Lipinski definition) is 1. The summed E-state index contributed by atoms with van der Waals surface area (Å²) in [5.41, 5.74) is 2.48. The van der Waals surface area contributed by atoms with Crippen molar-refractivity contribution < 1.29 is 23.4 Å². The molecule has 1 atom stereocenters. The van der Waals surface area contributed by atoms with Crippen LogP contribution in [-0.4, -0.2) is 19.3 Å². The van der Waals surface area contributed by atoms with Crippen LogP contribution in [0.25, 0.3) is 11.0 Å². The number of benzene rings is 2. The molecule has 4 rings (SSSR count). The fourth-order valence-corrected chi connectivity index (χ4v) is 3.35. The summed E-state index contributed by atoms with van der Waals surface area (Å²) in [5.74, 6) is 1.60. The standard InChI is InChI=1S/C22H21NO6/c1-12-8-21(25)29-22-13(2)17(7-5-16(12)22)26-10-20(24)23-14(3)15-4-6-18-19(9-15)28-11-27-18/h4-9,14H,10-11H2,1-3H3,(H,23,24)/t14-/m0/s1. The number of rotatable bonds is 5. The fourth-order valence-electron chi connectivity index (χ4n) is 3.35. The van der Waals surface area contributed by atoms with Gasteiger partial charge in [-0.1, -0.05) is 6.07 Å². The van der Waals surface area contributed by atoms with Gasteiger partial charge in [-0.05, 0) is 56.2 Å². The third-order valence-corrected chi connectivity index (χ3v) is 4.95. The van der Waals surface area contributed by atoms with E-state index in [1.807, 2.05) is 38.1 Å². The summed E-state index contributed by atoms with van der Waals surface area (Å²) >= 11 is 0. The van der Waals surface area contributed by atoms with Gasteiger partial charge in [0.25, 0.3) is 5.91 Å². The third kappa shape index (κ3) is 3.76. The molecule has 1 amide bonds. The molecule has 3 aromatic rings. The van der Waals surface area contributed by atoms with E-state index in [9.17, 15) is 9.59 Å². The molecule has 0 radical (unpaired) electrons. The number of aryl methyl sites for hydroxylation is 2. The Kier molecular flexibility index (Phi) is 4.88. The molecule has 0 aliphatic carbocycles. The second-order valence-electron chi connectivity index (χ2n) is 7.00. The maximum Gasteiger partial charge on any atom is 0.336 e. The zero-order valence-corrected chi connectivity index (χ0v) is 16.4. The van der Waals surface area contributed by atoms with Gasteiger partial charge in [0.15, 0.2) is 18.1 Å². The predicted octanol–water partition coefficient (Wildman–Crippen LogP) is 3.39. The van der Waals surface area contributed by atoms with E-state index in [0.717, 1.165) is 16.5 Å². The number of ether oxygens (including phenoxy) is 3. The first-order valence-corrected chi connectivity index (χ1v) is 9.28. The largest absolute Gasteiger partial charge is 0.483 e. The minimum absolute atomic E-state index is 0.155. The van der Waals surface area contributed by atoms with Crippen LogP contribution in [0.1, 0.15) is 29.7 Å². The van der Waals surface area contributed by atoms with E-state index in [4.69, 9.17) is 18.6 Å². The van der Waals surface area contributed by atoms with Crippen LogP contribution in [-0.2, 0) is 4.79 Å². The van der Waals surface area contributed by atoms with Crippen LogP contribution in [0.2, 0.25) is 0 Å². The zero-order valence-electron chi connectivity index (χ0n) is 16.4. The lowest BCUT2D eigenvalue weighted by Crippen LogP contribution is -2.31. The number of carbonyl (C=O) groups excluding carboxylic acids is 1. The molecular weight excluding hydrogens is 374 g/mol. The van der Waals surface area contributed by atoms with Crippen molar-refractivity contribution in [2.45, 2.75) is 26.8 Å². The maximum atomic E-state index is 12.4. The number of carbonyl (C=O) groups is 1. The average Bonchev–Trinajstić information content (AvgIpc) is 3.15. The average molecular weight is 395 g/mol. The van der Waals surface area contributed by atoms with Gasteiger partial charge in [0.1, 0.15) is 11.3 Å². The Balaban J connectivity index is 1.43. The van der Waals surface area contributed by atoms with Crippen LogP contribution < -0.4 is 25.2 Å². The monoisotopic (exact) mass is 395 g/mol. The first-order chi connectivity index (χ1) is 13.9. The number of nitrogens with one attached hydrogen (secondary N) is 1. The Morgan fingerprint density at radius 1 is 1.14 bits per heavy atom. The Bertz CT molecular complexity index is 1150. The molecule has 0 saturated carbocycles. The molecule has 2 aromatic carbocycles. The lowest BCUT2D eigenvalue weighted by molar-refractivity contribution is -0.123. The van der Waals surface area contributed by atoms with Gasteiger partial charge < -0.3 is 23.9 Å². The number of amides is 1. The molecule has 0 saturated heterocycles. The summed E-state index contributed by atoms with van der Waals surface area (Å²) in [7, 11) is 0. The third-order valence-electron chi connectivity index (χ3n) is 4.95. The lowest BCUT2D eigenvalue weighted by Gasteiger charge is -2.16. The second kappa shape index (κ2) is 7.50. The van der Waals surface area contributed by atoms with E-state index in [2.05, 4.69) is 5.32 Å². The molecule has 7 nitrogen and oxygen atoms in total. The predicted molar refractivity (Wildman–Crippen MR) is 107 cm³/mol. The smallest absolute Gasteiger partial charge is 0.336 e. The number of fused-ring (bicyclic) bond motifs is 2. The van der Waals surface area contributed by atoms with E-state index in [0.29, 0.717) is 28.4 Å². The van der Waals surface area contributed by atoms with Crippen LogP contribution in [0, 0.1) is 13.8 Å². The maximum absolute atomic E-state index is 12.4. The van der Waals surface area contributed by atoms with Gasteiger partial charge in [-0.15, -0.1) is 0 Å². The fraction of sp³-hybridized carbons (Fsp3) is 0.273. The van der Waals surface area contributed by atoms with Crippen molar-refractivity contribution in [3.05, 3.63) is 63.5 Å². The van der Waals surface area contributed by atoms with Crippen LogP contribution >= 0.6 is 0 Å². The Morgan fingerprint density at radius 3 is 2.76 bits per heavy atom. The van der Waals surface area contributed by atoms with Crippen LogP contribution in [0.3, 0.4) is 0 Å². The van der Waals surface area contributed by atoms with Gasteiger partial charge in [0.05, 0.1) is 6.04 Å². The Hall–Kier alpha value is -3.48. The number of hydrogen-bond acceptors (Lipinski definition) is 6. The molecule has 29 heavy (non-hydrogen) atoms. The molecule has 0 bridgehead atoms. The highest BCUT2D eigenvalue weighted by atomic mass is 16.7. The van der Waals surface area contributed by atoms with Crippen molar-refractivity contribution in [1.82, 2.24) is 5.32 Å². The topological polar surface area (TPSA) is 87.0 Å². The van der Waals surface area contributed by atoms with Gasteiger partial charge in [0, 0.05) is 17.0 Å². The van der Waals surface area contributed by atoms with Gasteiger partial charge >= 0.3 is 5.63 Å². The highest BCUT2D eigenvalue weighted by molar-refractivity contribution is 5.85.